The van der Waals surface area contributed by atoms with E-state index in [2.05, 4.69) is 151 Å². The molecular weight excluding hydrogens is 695 g/mol. The van der Waals surface area contributed by atoms with Gasteiger partial charge < -0.3 is 8.98 Å². The third kappa shape index (κ3) is 5.96. The number of fused-ring (bicyclic) bond motifs is 6. The summed E-state index contributed by atoms with van der Waals surface area (Å²) in [4.78, 5) is 9.43. The van der Waals surface area contributed by atoms with Crippen LogP contribution in [0.3, 0.4) is 0 Å². The Morgan fingerprint density at radius 2 is 1.09 bits per heavy atom. The lowest BCUT2D eigenvalue weighted by atomic mass is 9.94. The molecule has 0 N–H and O–H groups in total. The lowest BCUT2D eigenvalue weighted by Crippen LogP contribution is -1.94. The molecule has 0 atom stereocenters. The van der Waals surface area contributed by atoms with Crippen LogP contribution in [0.4, 0.5) is 0 Å². The highest BCUT2D eigenvalue weighted by Gasteiger charge is 2.19. The molecule has 0 fully saturated rings. The Labute approximate surface area is 331 Å². The highest BCUT2D eigenvalue weighted by molar-refractivity contribution is 6.13. The lowest BCUT2D eigenvalue weighted by molar-refractivity contribution is 0.669. The van der Waals surface area contributed by atoms with Crippen molar-refractivity contribution in [2.75, 3.05) is 0 Å². The van der Waals surface area contributed by atoms with Gasteiger partial charge in [-0.05, 0) is 119 Å². The maximum atomic E-state index is 6.40. The normalized spacial score (nSPS) is 12.1. The Morgan fingerprint density at radius 3 is 1.63 bits per heavy atom. The molecule has 4 aromatic heterocycles. The van der Waals surface area contributed by atoms with Gasteiger partial charge in [-0.25, -0.2) is 0 Å². The van der Waals surface area contributed by atoms with Crippen LogP contribution in [-0.4, -0.2) is 14.5 Å². The molecule has 6 aromatic carbocycles. The summed E-state index contributed by atoms with van der Waals surface area (Å²) in [6.45, 7) is 6.10. The molecule has 0 saturated carbocycles. The van der Waals surface area contributed by atoms with Crippen LogP contribution in [0.5, 0.6) is 0 Å². The first-order chi connectivity index (χ1) is 28.2. The highest BCUT2D eigenvalue weighted by Crippen LogP contribution is 2.41. The minimum Gasteiger partial charge on any atom is -0.456 e. The van der Waals surface area contributed by atoms with E-state index in [0.717, 1.165) is 94.6 Å². The standard InChI is InChI=1S/C53H37N3O/c1-3-5-14-35(4-2)36-23-27-52-46(31-36)47-34-39(24-28-53(47)57-52)56-50-25-21-37(40-15-6-8-17-42(40)48-19-10-12-29-54-48)32-44(50)45-33-38(22-26-51(45)56)41-16-7-9-18-43(41)49-20-11-13-30-55-49/h3-34H,2H2,1H3/b5-3-,35-14+. The molecule has 0 aliphatic carbocycles. The maximum absolute atomic E-state index is 6.40. The van der Waals surface area contributed by atoms with Gasteiger partial charge in [-0.1, -0.05) is 110 Å². The van der Waals surface area contributed by atoms with Crippen LogP contribution in [0.25, 0.3) is 99.8 Å². The minimum atomic E-state index is 0.853. The number of aromatic nitrogens is 3. The van der Waals surface area contributed by atoms with Crippen LogP contribution in [-0.2, 0) is 0 Å². The third-order valence-corrected chi connectivity index (χ3v) is 10.9. The smallest absolute Gasteiger partial charge is 0.135 e. The van der Waals surface area contributed by atoms with Crippen molar-refractivity contribution in [3.8, 4) is 50.5 Å². The fraction of sp³-hybridized carbons (Fsp3) is 0.0189. The Hall–Kier alpha value is -7.56. The topological polar surface area (TPSA) is 43.9 Å². The zero-order chi connectivity index (χ0) is 38.3. The molecule has 0 saturated heterocycles. The fourth-order valence-electron chi connectivity index (χ4n) is 8.16. The van der Waals surface area contributed by atoms with Gasteiger partial charge >= 0.3 is 0 Å². The van der Waals surface area contributed by atoms with Crippen LogP contribution in [0, 0.1) is 0 Å². The zero-order valence-corrected chi connectivity index (χ0v) is 31.4. The fourth-order valence-corrected chi connectivity index (χ4v) is 8.16. The van der Waals surface area contributed by atoms with E-state index in [9.17, 15) is 0 Å². The van der Waals surface area contributed by atoms with Gasteiger partial charge in [0.25, 0.3) is 0 Å². The predicted octanol–water partition coefficient (Wildman–Crippen LogP) is 14.3. The van der Waals surface area contributed by atoms with Crippen molar-refractivity contribution in [1.29, 1.82) is 0 Å². The van der Waals surface area contributed by atoms with Gasteiger partial charge in [-0.3, -0.25) is 9.97 Å². The molecule has 0 amide bonds. The number of hydrogen-bond donors (Lipinski definition) is 0. The molecule has 4 heteroatoms. The van der Waals surface area contributed by atoms with Crippen LogP contribution in [0.15, 0.2) is 205 Å². The van der Waals surface area contributed by atoms with Gasteiger partial charge in [0.2, 0.25) is 0 Å². The second-order valence-electron chi connectivity index (χ2n) is 14.2. The summed E-state index contributed by atoms with van der Waals surface area (Å²) in [7, 11) is 0. The Bertz CT molecular complexity index is 3060. The van der Waals surface area contributed by atoms with Crippen molar-refractivity contribution in [2.45, 2.75) is 6.92 Å². The summed E-state index contributed by atoms with van der Waals surface area (Å²) < 4.78 is 8.78. The number of furan rings is 1. The molecule has 0 radical (unpaired) electrons. The molecule has 0 spiro atoms. The highest BCUT2D eigenvalue weighted by atomic mass is 16.3. The van der Waals surface area contributed by atoms with Gasteiger partial charge in [0, 0.05) is 50.8 Å². The zero-order valence-electron chi connectivity index (χ0n) is 31.4. The van der Waals surface area contributed by atoms with E-state index in [-0.39, 0.29) is 0 Å². The molecule has 57 heavy (non-hydrogen) atoms. The summed E-state index contributed by atoms with van der Waals surface area (Å²) in [5.41, 5.74) is 15.8. The second kappa shape index (κ2) is 14.3. The first-order valence-electron chi connectivity index (χ1n) is 19.2. The summed E-state index contributed by atoms with van der Waals surface area (Å²) in [5, 5.41) is 4.47. The average molecular weight is 732 g/mol. The van der Waals surface area contributed by atoms with Gasteiger partial charge in [-0.15, -0.1) is 0 Å². The number of pyridine rings is 2. The summed E-state index contributed by atoms with van der Waals surface area (Å²) >= 11 is 0. The molecule has 4 heterocycles. The van der Waals surface area contributed by atoms with E-state index in [4.69, 9.17) is 14.4 Å². The van der Waals surface area contributed by atoms with Gasteiger partial charge in [0.15, 0.2) is 0 Å². The molecular formula is C53H37N3O. The number of nitrogens with zero attached hydrogens (tertiary/aromatic N) is 3. The van der Waals surface area contributed by atoms with E-state index < -0.39 is 0 Å². The van der Waals surface area contributed by atoms with Crippen LogP contribution in [0.2, 0.25) is 0 Å². The molecule has 0 aliphatic rings. The quantitative estimate of drug-likeness (QED) is 0.146. The van der Waals surface area contributed by atoms with Gasteiger partial charge in [0.1, 0.15) is 11.2 Å². The van der Waals surface area contributed by atoms with Crippen LogP contribution >= 0.6 is 0 Å². The van der Waals surface area contributed by atoms with Crippen molar-refractivity contribution in [3.05, 3.63) is 207 Å². The molecule has 270 valence electrons. The minimum absolute atomic E-state index is 0.853. The number of hydrogen-bond acceptors (Lipinski definition) is 3. The van der Waals surface area contributed by atoms with E-state index in [0.29, 0.717) is 0 Å². The number of allylic oxidation sites excluding steroid dienone is 5. The van der Waals surface area contributed by atoms with Crippen molar-refractivity contribution < 1.29 is 4.42 Å². The lowest BCUT2D eigenvalue weighted by Gasteiger charge is -2.11. The Morgan fingerprint density at radius 1 is 0.544 bits per heavy atom. The van der Waals surface area contributed by atoms with Crippen LogP contribution in [0.1, 0.15) is 12.5 Å². The first-order valence-corrected chi connectivity index (χ1v) is 19.2. The summed E-state index contributed by atoms with van der Waals surface area (Å²) in [6.07, 6.45) is 11.8. The van der Waals surface area contributed by atoms with E-state index in [1.165, 1.54) is 10.8 Å². The van der Waals surface area contributed by atoms with Crippen molar-refractivity contribution in [2.24, 2.45) is 0 Å². The third-order valence-electron chi connectivity index (χ3n) is 10.9. The average Bonchev–Trinajstić information content (AvgIpc) is 3.81. The van der Waals surface area contributed by atoms with E-state index >= 15 is 0 Å². The maximum Gasteiger partial charge on any atom is 0.135 e. The number of rotatable bonds is 8. The van der Waals surface area contributed by atoms with Crippen molar-refractivity contribution in [1.82, 2.24) is 14.5 Å². The van der Waals surface area contributed by atoms with E-state index in [1.54, 1.807) is 0 Å². The molecule has 10 aromatic rings. The molecule has 0 bridgehead atoms. The van der Waals surface area contributed by atoms with Gasteiger partial charge in [0.05, 0.1) is 22.4 Å². The Balaban J connectivity index is 1.21. The summed E-state index contributed by atoms with van der Waals surface area (Å²) in [6, 6.07) is 55.8. The largest absolute Gasteiger partial charge is 0.456 e. The molecule has 10 rings (SSSR count). The predicted molar refractivity (Wildman–Crippen MR) is 238 cm³/mol. The second-order valence-corrected chi connectivity index (χ2v) is 14.2. The Kier molecular flexibility index (Phi) is 8.50. The van der Waals surface area contributed by atoms with Gasteiger partial charge in [-0.2, -0.15) is 0 Å². The molecule has 0 aliphatic heterocycles. The monoisotopic (exact) mass is 731 g/mol. The first kappa shape index (κ1) is 34.0. The SMILES string of the molecule is C=C/C(=C\C=C/C)c1ccc2oc3ccc(-n4c5ccc(-c6ccccc6-c6ccccn6)cc5c5cc(-c6ccccc6-c6ccccn6)ccc54)cc3c2c1. The molecule has 4 nitrogen and oxygen atoms in total. The van der Waals surface area contributed by atoms with Crippen molar-refractivity contribution >= 4 is 49.3 Å². The molecule has 0 unspecified atom stereocenters. The summed E-state index contributed by atoms with van der Waals surface area (Å²) in [5.74, 6) is 0. The van der Waals surface area contributed by atoms with Crippen LogP contribution < -0.4 is 0 Å². The van der Waals surface area contributed by atoms with E-state index in [1.807, 2.05) is 61.8 Å². The number of benzene rings is 6. The van der Waals surface area contributed by atoms with Crippen molar-refractivity contribution in [3.63, 3.8) is 0 Å².